The van der Waals surface area contributed by atoms with Gasteiger partial charge in [-0.15, -0.1) is 0 Å². The minimum Gasteiger partial charge on any atom is -0.268 e. The first-order valence-electron chi connectivity index (χ1n) is 8.18. The van der Waals surface area contributed by atoms with Crippen molar-refractivity contribution >= 4 is 21.6 Å². The zero-order valence-corrected chi connectivity index (χ0v) is 15.4. The number of anilines is 1. The predicted molar refractivity (Wildman–Crippen MR) is 103 cm³/mol. The number of carbonyl (C=O) groups is 1. The van der Waals surface area contributed by atoms with Crippen molar-refractivity contribution in [1.82, 2.24) is 0 Å². The molecule has 5 heteroatoms. The second-order valence-corrected chi connectivity index (χ2v) is 7.83. The number of carbonyl (C=O) groups excluding carboxylic acids is 1. The minimum absolute atomic E-state index is 0.0742. The van der Waals surface area contributed by atoms with Crippen LogP contribution in [0.4, 0.5) is 5.69 Å². The molecule has 0 heterocycles. The highest BCUT2D eigenvalue weighted by Crippen LogP contribution is 2.29. The number of nitrogens with zero attached hydrogens (tertiary/aromatic N) is 1. The molecule has 0 unspecified atom stereocenters. The average molecular weight is 365 g/mol. The highest BCUT2D eigenvalue weighted by Gasteiger charge is 2.32. The van der Waals surface area contributed by atoms with Gasteiger partial charge in [0.05, 0.1) is 10.6 Å². The average Bonchev–Trinajstić information content (AvgIpc) is 2.66. The lowest BCUT2D eigenvalue weighted by Crippen LogP contribution is -2.37. The molecule has 0 spiro atoms. The van der Waals surface area contributed by atoms with Gasteiger partial charge in [-0.3, -0.25) is 4.79 Å². The first-order chi connectivity index (χ1) is 12.4. The summed E-state index contributed by atoms with van der Waals surface area (Å²) in [5.74, 6) is -0.580. The van der Waals surface area contributed by atoms with Crippen molar-refractivity contribution in [3.63, 3.8) is 0 Å². The molecule has 0 aromatic heterocycles. The molecule has 3 rings (SSSR count). The van der Waals surface area contributed by atoms with Gasteiger partial charge < -0.3 is 0 Å². The quantitative estimate of drug-likeness (QED) is 0.691. The topological polar surface area (TPSA) is 54.5 Å². The zero-order valence-electron chi connectivity index (χ0n) is 14.6. The van der Waals surface area contributed by atoms with E-state index < -0.39 is 15.9 Å². The molecule has 0 N–H and O–H groups in total. The number of sulfonamides is 1. The lowest BCUT2D eigenvalue weighted by Gasteiger charge is -2.24. The summed E-state index contributed by atoms with van der Waals surface area (Å²) in [5, 5.41) is 0. The van der Waals surface area contributed by atoms with Crippen molar-refractivity contribution in [3.8, 4) is 0 Å². The predicted octanol–water partition coefficient (Wildman–Crippen LogP) is 4.34. The van der Waals surface area contributed by atoms with Gasteiger partial charge in [0.2, 0.25) is 0 Å². The molecular formula is C21H19NO3S. The molecule has 0 aliphatic rings. The van der Waals surface area contributed by atoms with Gasteiger partial charge in [-0.05, 0) is 55.3 Å². The number of rotatable bonds is 4. The van der Waals surface area contributed by atoms with Crippen molar-refractivity contribution in [2.45, 2.75) is 18.7 Å². The van der Waals surface area contributed by atoms with Crippen LogP contribution in [0.5, 0.6) is 0 Å². The van der Waals surface area contributed by atoms with Crippen LogP contribution in [0.3, 0.4) is 0 Å². The van der Waals surface area contributed by atoms with Crippen molar-refractivity contribution in [1.29, 1.82) is 0 Å². The molecule has 0 aliphatic heterocycles. The standard InChI is InChI=1S/C21H19NO3S/c1-16-13-14-17(2)20(15-16)22(21(23)18-9-5-3-6-10-18)26(24,25)19-11-7-4-8-12-19/h3-15H,1-2H3. The van der Waals surface area contributed by atoms with Gasteiger partial charge in [-0.1, -0.05) is 48.5 Å². The van der Waals surface area contributed by atoms with Crippen LogP contribution >= 0.6 is 0 Å². The molecule has 0 saturated heterocycles. The summed E-state index contributed by atoms with van der Waals surface area (Å²) >= 11 is 0. The van der Waals surface area contributed by atoms with Gasteiger partial charge in [0.25, 0.3) is 15.9 Å². The monoisotopic (exact) mass is 365 g/mol. The summed E-state index contributed by atoms with van der Waals surface area (Å²) in [6.45, 7) is 3.66. The van der Waals surface area contributed by atoms with Gasteiger partial charge in [0, 0.05) is 5.56 Å². The summed E-state index contributed by atoms with van der Waals surface area (Å²) in [7, 11) is -4.06. The molecule has 26 heavy (non-hydrogen) atoms. The molecule has 0 saturated carbocycles. The Morgan fingerprint density at radius 3 is 2.00 bits per heavy atom. The summed E-state index contributed by atoms with van der Waals surface area (Å²) in [6.07, 6.45) is 0. The highest BCUT2D eigenvalue weighted by molar-refractivity contribution is 7.93. The lowest BCUT2D eigenvalue weighted by molar-refractivity contribution is 0.100. The summed E-state index contributed by atoms with van der Waals surface area (Å²) in [6, 6.07) is 21.9. The fraction of sp³-hybridized carbons (Fsp3) is 0.0952. The molecular weight excluding hydrogens is 346 g/mol. The van der Waals surface area contributed by atoms with Gasteiger partial charge in [0.1, 0.15) is 0 Å². The Morgan fingerprint density at radius 2 is 1.38 bits per heavy atom. The fourth-order valence-corrected chi connectivity index (χ4v) is 4.17. The smallest absolute Gasteiger partial charge is 0.268 e. The Hall–Kier alpha value is -2.92. The molecule has 132 valence electrons. The Morgan fingerprint density at radius 1 is 0.808 bits per heavy atom. The van der Waals surface area contributed by atoms with Crippen molar-refractivity contribution < 1.29 is 13.2 Å². The van der Waals surface area contributed by atoms with Crippen molar-refractivity contribution in [2.75, 3.05) is 4.31 Å². The van der Waals surface area contributed by atoms with Crippen LogP contribution in [0.2, 0.25) is 0 Å². The van der Waals surface area contributed by atoms with Crippen LogP contribution in [-0.2, 0) is 10.0 Å². The van der Waals surface area contributed by atoms with E-state index in [9.17, 15) is 13.2 Å². The summed E-state index contributed by atoms with van der Waals surface area (Å²) < 4.78 is 27.5. The third kappa shape index (κ3) is 3.39. The van der Waals surface area contributed by atoms with Gasteiger partial charge >= 0.3 is 0 Å². The maximum atomic E-state index is 13.3. The zero-order chi connectivity index (χ0) is 18.7. The second-order valence-electron chi connectivity index (χ2n) is 6.04. The molecule has 0 fully saturated rings. The van der Waals surface area contributed by atoms with Crippen LogP contribution in [0.15, 0.2) is 83.8 Å². The molecule has 4 nitrogen and oxygen atoms in total. The molecule has 0 radical (unpaired) electrons. The number of hydrogen-bond acceptors (Lipinski definition) is 3. The molecule has 0 atom stereocenters. The van der Waals surface area contributed by atoms with E-state index in [1.807, 2.05) is 19.1 Å². The normalized spacial score (nSPS) is 11.2. The minimum atomic E-state index is -4.06. The van der Waals surface area contributed by atoms with Crippen molar-refractivity contribution in [2.24, 2.45) is 0 Å². The molecule has 3 aromatic rings. The number of amides is 1. The van der Waals surface area contributed by atoms with E-state index in [1.165, 1.54) is 12.1 Å². The Balaban J connectivity index is 2.23. The molecule has 1 amide bonds. The highest BCUT2D eigenvalue weighted by atomic mass is 32.2. The van der Waals surface area contributed by atoms with E-state index in [4.69, 9.17) is 0 Å². The van der Waals surface area contributed by atoms with E-state index in [2.05, 4.69) is 0 Å². The van der Waals surface area contributed by atoms with E-state index in [1.54, 1.807) is 61.5 Å². The summed E-state index contributed by atoms with van der Waals surface area (Å²) in [4.78, 5) is 13.2. The first kappa shape index (κ1) is 17.9. The largest absolute Gasteiger partial charge is 0.272 e. The summed E-state index contributed by atoms with van der Waals surface area (Å²) in [5.41, 5.74) is 2.26. The van der Waals surface area contributed by atoms with E-state index in [0.29, 0.717) is 16.8 Å². The van der Waals surface area contributed by atoms with Gasteiger partial charge in [0.15, 0.2) is 0 Å². The van der Waals surface area contributed by atoms with Crippen LogP contribution < -0.4 is 4.31 Å². The SMILES string of the molecule is Cc1ccc(C)c(N(C(=O)c2ccccc2)S(=O)(=O)c2ccccc2)c1. The molecule has 0 aliphatic carbocycles. The third-order valence-corrected chi connectivity index (χ3v) is 5.78. The molecule has 3 aromatic carbocycles. The lowest BCUT2D eigenvalue weighted by atomic mass is 10.1. The van der Waals surface area contributed by atoms with E-state index >= 15 is 0 Å². The maximum absolute atomic E-state index is 13.3. The Bertz CT molecular complexity index is 1030. The van der Waals surface area contributed by atoms with Crippen LogP contribution in [0.25, 0.3) is 0 Å². The number of hydrogen-bond donors (Lipinski definition) is 0. The third-order valence-electron chi connectivity index (χ3n) is 4.07. The maximum Gasteiger partial charge on any atom is 0.272 e. The van der Waals surface area contributed by atoms with Crippen LogP contribution in [0.1, 0.15) is 21.5 Å². The molecule has 0 bridgehead atoms. The van der Waals surface area contributed by atoms with E-state index in [-0.39, 0.29) is 4.90 Å². The second kappa shape index (κ2) is 7.14. The van der Waals surface area contributed by atoms with E-state index in [0.717, 1.165) is 9.87 Å². The van der Waals surface area contributed by atoms with Crippen LogP contribution in [0, 0.1) is 13.8 Å². The first-order valence-corrected chi connectivity index (χ1v) is 9.62. The van der Waals surface area contributed by atoms with Crippen molar-refractivity contribution in [3.05, 3.63) is 95.6 Å². The van der Waals surface area contributed by atoms with Gasteiger partial charge in [-0.2, -0.15) is 4.31 Å². The Kier molecular flexibility index (Phi) is 4.91. The fourth-order valence-electron chi connectivity index (χ4n) is 2.68. The Labute approximate surface area is 153 Å². The van der Waals surface area contributed by atoms with Crippen LogP contribution in [-0.4, -0.2) is 14.3 Å². The van der Waals surface area contributed by atoms with Gasteiger partial charge in [-0.25, -0.2) is 8.42 Å². The number of aryl methyl sites for hydroxylation is 2. The number of benzene rings is 3.